The standard InChI is InChI=1S/C14H12N4O2S/c19-12-4-2-1-3-10(12)8-15-17-13(20)7-11-9-18-5-6-21-14(18)16-11/h1-6,8-9,19H,7H2,(H,17,20). The fraction of sp³-hybridized carbons (Fsp3) is 0.0714. The second-order valence-electron chi connectivity index (χ2n) is 4.35. The molecule has 2 heterocycles. The molecule has 1 aromatic carbocycles. The van der Waals surface area contributed by atoms with Crippen molar-refractivity contribution in [2.45, 2.75) is 6.42 Å². The zero-order chi connectivity index (χ0) is 14.7. The summed E-state index contributed by atoms with van der Waals surface area (Å²) in [6.45, 7) is 0. The van der Waals surface area contributed by atoms with Crippen LogP contribution in [0.1, 0.15) is 11.3 Å². The number of aromatic hydroxyl groups is 1. The monoisotopic (exact) mass is 300 g/mol. The highest BCUT2D eigenvalue weighted by Gasteiger charge is 2.07. The number of thiazole rings is 1. The van der Waals surface area contributed by atoms with Crippen molar-refractivity contribution in [3.63, 3.8) is 0 Å². The van der Waals surface area contributed by atoms with E-state index in [0.717, 1.165) is 4.96 Å². The molecule has 0 aliphatic rings. The Morgan fingerprint density at radius 2 is 2.33 bits per heavy atom. The van der Waals surface area contributed by atoms with Crippen molar-refractivity contribution in [3.8, 4) is 5.75 Å². The number of amides is 1. The number of nitrogens with zero attached hydrogens (tertiary/aromatic N) is 3. The molecular formula is C14H12N4O2S. The van der Waals surface area contributed by atoms with Crippen LogP contribution in [0.15, 0.2) is 47.1 Å². The molecule has 0 saturated carbocycles. The second-order valence-corrected chi connectivity index (χ2v) is 5.23. The smallest absolute Gasteiger partial charge is 0.246 e. The molecule has 0 aliphatic carbocycles. The van der Waals surface area contributed by atoms with Crippen LogP contribution in [0.25, 0.3) is 4.96 Å². The number of benzene rings is 1. The van der Waals surface area contributed by atoms with Gasteiger partial charge in [0.05, 0.1) is 18.3 Å². The molecule has 21 heavy (non-hydrogen) atoms. The topological polar surface area (TPSA) is 79.0 Å². The minimum atomic E-state index is -0.257. The number of hydrogen-bond donors (Lipinski definition) is 2. The van der Waals surface area contributed by atoms with Gasteiger partial charge in [-0.3, -0.25) is 9.20 Å². The largest absolute Gasteiger partial charge is 0.507 e. The minimum Gasteiger partial charge on any atom is -0.507 e. The Bertz CT molecular complexity index is 778. The van der Waals surface area contributed by atoms with E-state index < -0.39 is 0 Å². The normalized spacial score (nSPS) is 11.2. The molecule has 7 heteroatoms. The van der Waals surface area contributed by atoms with Crippen molar-refractivity contribution in [1.82, 2.24) is 14.8 Å². The number of hydrazone groups is 1. The number of nitrogens with one attached hydrogen (secondary N) is 1. The maximum absolute atomic E-state index is 11.8. The van der Waals surface area contributed by atoms with Gasteiger partial charge in [-0.25, -0.2) is 10.4 Å². The van der Waals surface area contributed by atoms with E-state index in [4.69, 9.17) is 0 Å². The van der Waals surface area contributed by atoms with Gasteiger partial charge in [-0.15, -0.1) is 11.3 Å². The number of carbonyl (C=O) groups excluding carboxylic acids is 1. The molecule has 0 atom stereocenters. The molecule has 0 aliphatic heterocycles. The highest BCUT2D eigenvalue weighted by atomic mass is 32.1. The lowest BCUT2D eigenvalue weighted by Crippen LogP contribution is -2.19. The van der Waals surface area contributed by atoms with Crippen LogP contribution in [0, 0.1) is 0 Å². The van der Waals surface area contributed by atoms with Crippen molar-refractivity contribution >= 4 is 28.4 Å². The first-order chi connectivity index (χ1) is 10.2. The first-order valence-electron chi connectivity index (χ1n) is 6.23. The molecule has 0 unspecified atom stereocenters. The zero-order valence-corrected chi connectivity index (χ0v) is 11.7. The summed E-state index contributed by atoms with van der Waals surface area (Å²) in [7, 11) is 0. The quantitative estimate of drug-likeness (QED) is 0.569. The van der Waals surface area contributed by atoms with E-state index in [1.54, 1.807) is 24.3 Å². The van der Waals surface area contributed by atoms with E-state index in [1.807, 2.05) is 22.2 Å². The molecule has 3 rings (SSSR count). The third kappa shape index (κ3) is 3.09. The average molecular weight is 300 g/mol. The summed E-state index contributed by atoms with van der Waals surface area (Å²) in [6.07, 6.45) is 5.27. The van der Waals surface area contributed by atoms with Crippen LogP contribution in [0.2, 0.25) is 0 Å². The molecular weight excluding hydrogens is 288 g/mol. The number of rotatable bonds is 4. The maximum Gasteiger partial charge on any atom is 0.246 e. The molecule has 106 valence electrons. The summed E-state index contributed by atoms with van der Waals surface area (Å²) in [4.78, 5) is 16.9. The second kappa shape index (κ2) is 5.76. The van der Waals surface area contributed by atoms with Crippen LogP contribution in [0.3, 0.4) is 0 Å². The van der Waals surface area contributed by atoms with Gasteiger partial charge in [-0.05, 0) is 12.1 Å². The number of fused-ring (bicyclic) bond motifs is 1. The molecule has 0 spiro atoms. The summed E-state index contributed by atoms with van der Waals surface area (Å²) in [5.41, 5.74) is 3.65. The van der Waals surface area contributed by atoms with Gasteiger partial charge in [0.15, 0.2) is 4.96 Å². The van der Waals surface area contributed by atoms with Crippen molar-refractivity contribution in [3.05, 3.63) is 53.3 Å². The van der Waals surface area contributed by atoms with Crippen LogP contribution in [0.5, 0.6) is 5.75 Å². The Hall–Kier alpha value is -2.67. The Morgan fingerprint density at radius 1 is 1.48 bits per heavy atom. The van der Waals surface area contributed by atoms with Crippen molar-refractivity contribution in [2.75, 3.05) is 0 Å². The van der Waals surface area contributed by atoms with E-state index in [2.05, 4.69) is 15.5 Å². The van der Waals surface area contributed by atoms with E-state index in [9.17, 15) is 9.90 Å². The van der Waals surface area contributed by atoms with Gasteiger partial charge in [-0.2, -0.15) is 5.10 Å². The molecule has 0 fully saturated rings. The number of aromatic nitrogens is 2. The van der Waals surface area contributed by atoms with Gasteiger partial charge in [-0.1, -0.05) is 12.1 Å². The SMILES string of the molecule is O=C(Cc1cn2ccsc2n1)NN=Cc1ccccc1O. The maximum atomic E-state index is 11.8. The summed E-state index contributed by atoms with van der Waals surface area (Å²) in [5.74, 6) is -0.141. The predicted octanol–water partition coefficient (Wildman–Crippen LogP) is 1.79. The molecule has 2 aromatic heterocycles. The molecule has 3 aromatic rings. The zero-order valence-electron chi connectivity index (χ0n) is 10.9. The van der Waals surface area contributed by atoms with E-state index in [-0.39, 0.29) is 18.1 Å². The Labute approximate surface area is 124 Å². The van der Waals surface area contributed by atoms with E-state index in [0.29, 0.717) is 11.3 Å². The van der Waals surface area contributed by atoms with E-state index >= 15 is 0 Å². The summed E-state index contributed by atoms with van der Waals surface area (Å²) in [5, 5.41) is 15.3. The lowest BCUT2D eigenvalue weighted by molar-refractivity contribution is -0.120. The molecule has 0 saturated heterocycles. The number of phenolic OH excluding ortho intramolecular Hbond substituents is 1. The average Bonchev–Trinajstić information content (AvgIpc) is 3.02. The van der Waals surface area contributed by atoms with Gasteiger partial charge in [0, 0.05) is 23.3 Å². The van der Waals surface area contributed by atoms with Gasteiger partial charge in [0.2, 0.25) is 5.91 Å². The highest BCUT2D eigenvalue weighted by molar-refractivity contribution is 7.15. The van der Waals surface area contributed by atoms with Crippen LogP contribution in [0.4, 0.5) is 0 Å². The lowest BCUT2D eigenvalue weighted by atomic mass is 10.2. The molecule has 1 amide bonds. The minimum absolute atomic E-state index is 0.116. The van der Waals surface area contributed by atoms with Crippen LogP contribution < -0.4 is 5.43 Å². The molecule has 0 bridgehead atoms. The lowest BCUT2D eigenvalue weighted by Gasteiger charge is -1.98. The first kappa shape index (κ1) is 13.3. The van der Waals surface area contributed by atoms with Crippen molar-refractivity contribution < 1.29 is 9.90 Å². The summed E-state index contributed by atoms with van der Waals surface area (Å²) in [6, 6.07) is 6.76. The predicted molar refractivity (Wildman–Crippen MR) is 80.6 cm³/mol. The molecule has 0 radical (unpaired) electrons. The van der Waals surface area contributed by atoms with E-state index in [1.165, 1.54) is 17.6 Å². The summed E-state index contributed by atoms with van der Waals surface area (Å²) < 4.78 is 1.87. The third-order valence-electron chi connectivity index (χ3n) is 2.81. The van der Waals surface area contributed by atoms with Crippen molar-refractivity contribution in [2.24, 2.45) is 5.10 Å². The van der Waals surface area contributed by atoms with Gasteiger partial charge >= 0.3 is 0 Å². The first-order valence-corrected chi connectivity index (χ1v) is 7.11. The summed E-state index contributed by atoms with van der Waals surface area (Å²) >= 11 is 1.51. The number of carbonyl (C=O) groups is 1. The number of hydrogen-bond acceptors (Lipinski definition) is 5. The van der Waals surface area contributed by atoms with Crippen LogP contribution in [-0.4, -0.2) is 26.6 Å². The van der Waals surface area contributed by atoms with Gasteiger partial charge < -0.3 is 5.11 Å². The Morgan fingerprint density at radius 3 is 3.14 bits per heavy atom. The van der Waals surface area contributed by atoms with Gasteiger partial charge in [0.1, 0.15) is 5.75 Å². The van der Waals surface area contributed by atoms with Crippen LogP contribution in [-0.2, 0) is 11.2 Å². The number of phenols is 1. The molecule has 6 nitrogen and oxygen atoms in total. The Balaban J connectivity index is 1.59. The number of imidazole rings is 1. The number of para-hydroxylation sites is 1. The fourth-order valence-electron chi connectivity index (χ4n) is 1.84. The Kier molecular flexibility index (Phi) is 3.65. The van der Waals surface area contributed by atoms with Crippen molar-refractivity contribution in [1.29, 1.82) is 0 Å². The fourth-order valence-corrected chi connectivity index (χ4v) is 2.55. The highest BCUT2D eigenvalue weighted by Crippen LogP contribution is 2.13. The van der Waals surface area contributed by atoms with Crippen LogP contribution >= 0.6 is 11.3 Å². The molecule has 2 N–H and O–H groups in total. The van der Waals surface area contributed by atoms with Gasteiger partial charge in [0.25, 0.3) is 0 Å². The third-order valence-corrected chi connectivity index (χ3v) is 3.59.